The van der Waals surface area contributed by atoms with Crippen LogP contribution in [0.15, 0.2) is 35.3 Å². The molecule has 0 unspecified atom stereocenters. The van der Waals surface area contributed by atoms with E-state index in [2.05, 4.69) is 17.3 Å². The summed E-state index contributed by atoms with van der Waals surface area (Å²) in [6.45, 7) is 2.10. The van der Waals surface area contributed by atoms with Gasteiger partial charge in [0.25, 0.3) is 5.91 Å². The first-order valence-corrected chi connectivity index (χ1v) is 7.34. The van der Waals surface area contributed by atoms with E-state index in [-0.39, 0.29) is 5.91 Å². The van der Waals surface area contributed by atoms with E-state index in [1.165, 1.54) is 0 Å². The van der Waals surface area contributed by atoms with Gasteiger partial charge in [-0.3, -0.25) is 9.79 Å². The molecule has 2 heterocycles. The Hall–Kier alpha value is -1.68. The van der Waals surface area contributed by atoms with Gasteiger partial charge in [-0.05, 0) is 25.8 Å². The Labute approximate surface area is 118 Å². The maximum absolute atomic E-state index is 12.6. The van der Waals surface area contributed by atoms with Crippen LogP contribution in [0.25, 0.3) is 0 Å². The van der Waals surface area contributed by atoms with Gasteiger partial charge >= 0.3 is 0 Å². The number of aliphatic imine (C=N–C) groups is 1. The van der Waals surface area contributed by atoms with Crippen LogP contribution in [-0.2, 0) is 4.79 Å². The highest BCUT2D eigenvalue weighted by Crippen LogP contribution is 2.48. The van der Waals surface area contributed by atoms with E-state index in [1.54, 1.807) is 0 Å². The fourth-order valence-corrected chi connectivity index (χ4v) is 4.16. The van der Waals surface area contributed by atoms with Gasteiger partial charge in [0.15, 0.2) is 0 Å². The van der Waals surface area contributed by atoms with E-state index >= 15 is 0 Å². The molecule has 4 nitrogen and oxygen atoms in total. The van der Waals surface area contributed by atoms with E-state index in [9.17, 15) is 4.79 Å². The van der Waals surface area contributed by atoms with Gasteiger partial charge in [-0.15, -0.1) is 0 Å². The van der Waals surface area contributed by atoms with Crippen molar-refractivity contribution in [3.8, 4) is 0 Å². The van der Waals surface area contributed by atoms with Crippen molar-refractivity contribution in [2.75, 3.05) is 20.1 Å². The van der Waals surface area contributed by atoms with Gasteiger partial charge in [0.2, 0.25) is 0 Å². The number of rotatable bonds is 1. The number of benzene rings is 1. The summed E-state index contributed by atoms with van der Waals surface area (Å²) in [4.78, 5) is 19.8. The molecule has 1 N–H and O–H groups in total. The lowest BCUT2D eigenvalue weighted by Crippen LogP contribution is -2.44. The van der Waals surface area contributed by atoms with Gasteiger partial charge in [0.1, 0.15) is 11.4 Å². The number of carbonyl (C=O) groups is 1. The number of nitrogens with one attached hydrogen (secondary N) is 1. The Balaban J connectivity index is 1.72. The van der Waals surface area contributed by atoms with Crippen LogP contribution in [0.4, 0.5) is 0 Å². The van der Waals surface area contributed by atoms with E-state index in [4.69, 9.17) is 4.99 Å². The summed E-state index contributed by atoms with van der Waals surface area (Å²) in [5.74, 6) is 1.88. The maximum atomic E-state index is 12.6. The third-order valence-corrected chi connectivity index (χ3v) is 5.12. The zero-order valence-electron chi connectivity index (χ0n) is 11.7. The Morgan fingerprint density at radius 1 is 1.30 bits per heavy atom. The summed E-state index contributed by atoms with van der Waals surface area (Å²) in [6, 6.07) is 9.95. The predicted molar refractivity (Wildman–Crippen MR) is 77.6 cm³/mol. The molecule has 2 fully saturated rings. The number of hydrogen-bond donors (Lipinski definition) is 1. The topological polar surface area (TPSA) is 44.7 Å². The van der Waals surface area contributed by atoms with Crippen LogP contribution in [0.1, 0.15) is 18.4 Å². The van der Waals surface area contributed by atoms with Crippen molar-refractivity contribution in [1.29, 1.82) is 0 Å². The molecule has 0 aromatic heterocycles. The SMILES string of the molecule is CN1C[C@@H]2CC[C@@]3(N=C(c4ccccc4)NC3=O)[C@@H]2C1. The summed E-state index contributed by atoms with van der Waals surface area (Å²) in [7, 11) is 2.14. The zero-order valence-corrected chi connectivity index (χ0v) is 11.7. The second-order valence-electron chi connectivity index (χ2n) is 6.33. The summed E-state index contributed by atoms with van der Waals surface area (Å²) in [5.41, 5.74) is 0.508. The second kappa shape index (κ2) is 4.16. The van der Waals surface area contributed by atoms with Gasteiger partial charge in [-0.1, -0.05) is 30.3 Å². The number of likely N-dealkylation sites (tertiary alicyclic amines) is 1. The smallest absolute Gasteiger partial charge is 0.253 e. The first kappa shape index (κ1) is 12.1. The Morgan fingerprint density at radius 3 is 2.90 bits per heavy atom. The van der Waals surface area contributed by atoms with Gasteiger partial charge in [0, 0.05) is 24.6 Å². The fourth-order valence-electron chi connectivity index (χ4n) is 4.16. The molecule has 1 saturated carbocycles. The number of amides is 1. The number of nitrogens with zero attached hydrogens (tertiary/aromatic N) is 2. The molecule has 104 valence electrons. The molecule has 1 aromatic carbocycles. The average Bonchev–Trinajstić information content (AvgIpc) is 3.08. The minimum atomic E-state index is -0.499. The highest BCUT2D eigenvalue weighted by molar-refractivity contribution is 6.15. The van der Waals surface area contributed by atoms with Crippen molar-refractivity contribution in [2.45, 2.75) is 18.4 Å². The third-order valence-electron chi connectivity index (χ3n) is 5.12. The molecule has 4 heteroatoms. The van der Waals surface area contributed by atoms with Crippen LogP contribution in [0.3, 0.4) is 0 Å². The van der Waals surface area contributed by atoms with Crippen molar-refractivity contribution < 1.29 is 4.79 Å². The predicted octanol–water partition coefficient (Wildman–Crippen LogP) is 1.27. The molecule has 1 amide bonds. The minimum Gasteiger partial charge on any atom is -0.308 e. The van der Waals surface area contributed by atoms with Crippen molar-refractivity contribution in [3.63, 3.8) is 0 Å². The summed E-state index contributed by atoms with van der Waals surface area (Å²) in [5, 5.41) is 3.02. The number of amidine groups is 1. The summed E-state index contributed by atoms with van der Waals surface area (Å²) in [6.07, 6.45) is 2.02. The van der Waals surface area contributed by atoms with Gasteiger partial charge in [0.05, 0.1) is 0 Å². The Bertz CT molecular complexity index is 583. The normalized spacial score (nSPS) is 36.2. The number of fused-ring (bicyclic) bond motifs is 2. The summed E-state index contributed by atoms with van der Waals surface area (Å²) >= 11 is 0. The van der Waals surface area contributed by atoms with Gasteiger partial charge in [-0.25, -0.2) is 0 Å². The fraction of sp³-hybridized carbons (Fsp3) is 0.500. The molecule has 20 heavy (non-hydrogen) atoms. The number of hydrogen-bond acceptors (Lipinski definition) is 3. The zero-order chi connectivity index (χ0) is 13.7. The summed E-state index contributed by atoms with van der Waals surface area (Å²) < 4.78 is 0. The molecule has 3 atom stereocenters. The van der Waals surface area contributed by atoms with Gasteiger partial charge < -0.3 is 10.2 Å². The minimum absolute atomic E-state index is 0.110. The molecule has 1 spiro atoms. The van der Waals surface area contributed by atoms with Crippen LogP contribution in [0, 0.1) is 11.8 Å². The van der Waals surface area contributed by atoms with Crippen LogP contribution in [0.5, 0.6) is 0 Å². The first-order valence-electron chi connectivity index (χ1n) is 7.34. The Morgan fingerprint density at radius 2 is 2.10 bits per heavy atom. The molecule has 0 radical (unpaired) electrons. The molecule has 3 aliphatic rings. The van der Waals surface area contributed by atoms with Crippen LogP contribution in [-0.4, -0.2) is 42.3 Å². The molecule has 2 aliphatic heterocycles. The maximum Gasteiger partial charge on any atom is 0.253 e. The van der Waals surface area contributed by atoms with Gasteiger partial charge in [-0.2, -0.15) is 0 Å². The second-order valence-corrected chi connectivity index (χ2v) is 6.33. The highest BCUT2D eigenvalue weighted by atomic mass is 16.2. The van der Waals surface area contributed by atoms with E-state index in [0.29, 0.717) is 11.8 Å². The number of carbonyl (C=O) groups excluding carboxylic acids is 1. The lowest BCUT2D eigenvalue weighted by Gasteiger charge is -2.24. The molecule has 1 aliphatic carbocycles. The monoisotopic (exact) mass is 269 g/mol. The lowest BCUT2D eigenvalue weighted by molar-refractivity contribution is -0.124. The van der Waals surface area contributed by atoms with E-state index in [1.807, 2.05) is 30.3 Å². The molecule has 0 bridgehead atoms. The standard InChI is InChI=1S/C16H19N3O/c1-19-9-12-7-8-16(13(12)10-19)15(20)17-14(18-16)11-5-3-2-4-6-11/h2-6,12-13H,7-10H2,1H3,(H,17,18,20)/t12-,13+,16+/m0/s1. The quantitative estimate of drug-likeness (QED) is 0.834. The average molecular weight is 269 g/mol. The van der Waals surface area contributed by atoms with Crippen molar-refractivity contribution in [3.05, 3.63) is 35.9 Å². The molecule has 1 aromatic rings. The van der Waals surface area contributed by atoms with Crippen LogP contribution < -0.4 is 5.32 Å². The molecule has 4 rings (SSSR count). The molecule has 1 saturated heterocycles. The van der Waals surface area contributed by atoms with Crippen LogP contribution >= 0.6 is 0 Å². The third kappa shape index (κ3) is 1.57. The van der Waals surface area contributed by atoms with Crippen molar-refractivity contribution >= 4 is 11.7 Å². The van der Waals surface area contributed by atoms with Crippen LogP contribution in [0.2, 0.25) is 0 Å². The highest BCUT2D eigenvalue weighted by Gasteiger charge is 2.58. The van der Waals surface area contributed by atoms with Crippen molar-refractivity contribution in [1.82, 2.24) is 10.2 Å². The lowest BCUT2D eigenvalue weighted by atomic mass is 9.85. The molecular weight excluding hydrogens is 250 g/mol. The van der Waals surface area contributed by atoms with E-state index < -0.39 is 5.54 Å². The Kier molecular flexibility index (Phi) is 2.51. The first-order chi connectivity index (χ1) is 9.69. The van der Waals surface area contributed by atoms with E-state index in [0.717, 1.165) is 37.3 Å². The molecular formula is C16H19N3O. The van der Waals surface area contributed by atoms with Crippen molar-refractivity contribution in [2.24, 2.45) is 16.8 Å². The largest absolute Gasteiger partial charge is 0.308 e.